The molecular weight excluding hydrogens is 262 g/mol. The zero-order valence-corrected chi connectivity index (χ0v) is 10.8. The molecule has 0 aromatic carbocycles. The van der Waals surface area contributed by atoms with Crippen molar-refractivity contribution in [1.29, 1.82) is 0 Å². The molecule has 7 heteroatoms. The number of rotatable bonds is 5. The molecular formula is C10H13NO4S2. The highest BCUT2D eigenvalue weighted by Crippen LogP contribution is 2.35. The fourth-order valence-corrected chi connectivity index (χ4v) is 4.16. The third kappa shape index (κ3) is 2.67. The van der Waals surface area contributed by atoms with Crippen LogP contribution in [0.2, 0.25) is 0 Å². The van der Waals surface area contributed by atoms with Crippen molar-refractivity contribution < 1.29 is 18.3 Å². The van der Waals surface area contributed by atoms with Crippen LogP contribution in [0.25, 0.3) is 0 Å². The average molecular weight is 275 g/mol. The second-order valence-electron chi connectivity index (χ2n) is 4.09. The van der Waals surface area contributed by atoms with Crippen LogP contribution in [0.5, 0.6) is 0 Å². The monoisotopic (exact) mass is 275 g/mol. The lowest BCUT2D eigenvalue weighted by Crippen LogP contribution is -2.26. The van der Waals surface area contributed by atoms with E-state index in [0.29, 0.717) is 5.92 Å². The number of sulfonamides is 1. The molecule has 2 unspecified atom stereocenters. The van der Waals surface area contributed by atoms with Gasteiger partial charge in [0.15, 0.2) is 0 Å². The Balaban J connectivity index is 2.12. The average Bonchev–Trinajstić information content (AvgIpc) is 2.80. The Labute approximate surface area is 104 Å². The van der Waals surface area contributed by atoms with E-state index >= 15 is 0 Å². The molecule has 0 aliphatic heterocycles. The van der Waals surface area contributed by atoms with Crippen LogP contribution in [0.3, 0.4) is 0 Å². The maximum Gasteiger partial charge on any atom is 0.336 e. The summed E-state index contributed by atoms with van der Waals surface area (Å²) in [6, 6.07) is 1.21. The molecule has 1 aliphatic rings. The molecule has 2 atom stereocenters. The highest BCUT2D eigenvalue weighted by molar-refractivity contribution is 7.91. The lowest BCUT2D eigenvalue weighted by molar-refractivity contribution is 0.0697. The molecule has 1 aromatic heterocycles. The first-order valence-electron chi connectivity index (χ1n) is 5.28. The third-order valence-corrected chi connectivity index (χ3v) is 5.77. The zero-order chi connectivity index (χ0) is 12.6. The van der Waals surface area contributed by atoms with E-state index in [1.54, 1.807) is 0 Å². The standard InChI is InChI=1S/C10H13NO4S2/c1-2-6-3-8(6)11-17(14,15)9-4-7(5-16-9)10(12)13/h4-6,8,11H,2-3H2,1H3,(H,12,13). The molecule has 0 spiro atoms. The van der Waals surface area contributed by atoms with Gasteiger partial charge in [-0.15, -0.1) is 11.3 Å². The zero-order valence-electron chi connectivity index (χ0n) is 9.21. The van der Waals surface area contributed by atoms with Crippen molar-refractivity contribution in [3.63, 3.8) is 0 Å². The van der Waals surface area contributed by atoms with Gasteiger partial charge < -0.3 is 5.11 Å². The Kier molecular flexibility index (Phi) is 3.24. The van der Waals surface area contributed by atoms with Crippen molar-refractivity contribution in [1.82, 2.24) is 4.72 Å². The van der Waals surface area contributed by atoms with Gasteiger partial charge >= 0.3 is 5.97 Å². The van der Waals surface area contributed by atoms with E-state index in [0.717, 1.165) is 24.2 Å². The summed E-state index contributed by atoms with van der Waals surface area (Å²) in [4.78, 5) is 10.7. The Hall–Kier alpha value is -0.920. The van der Waals surface area contributed by atoms with Crippen LogP contribution in [-0.2, 0) is 10.0 Å². The second kappa shape index (κ2) is 4.40. The summed E-state index contributed by atoms with van der Waals surface area (Å²) in [6.45, 7) is 2.02. The number of nitrogens with one attached hydrogen (secondary N) is 1. The number of carboxylic acids is 1. The van der Waals surface area contributed by atoms with Gasteiger partial charge in [0.25, 0.3) is 0 Å². The topological polar surface area (TPSA) is 83.5 Å². The van der Waals surface area contributed by atoms with Gasteiger partial charge in [-0.05, 0) is 18.4 Å². The second-order valence-corrected chi connectivity index (χ2v) is 6.94. The maximum absolute atomic E-state index is 11.9. The van der Waals surface area contributed by atoms with Gasteiger partial charge in [0.05, 0.1) is 5.56 Å². The van der Waals surface area contributed by atoms with Gasteiger partial charge in [-0.2, -0.15) is 0 Å². The van der Waals surface area contributed by atoms with Gasteiger partial charge in [0.1, 0.15) is 4.21 Å². The highest BCUT2D eigenvalue weighted by atomic mass is 32.2. The van der Waals surface area contributed by atoms with Gasteiger partial charge in [0.2, 0.25) is 10.0 Å². The Morgan fingerprint density at radius 2 is 2.35 bits per heavy atom. The molecule has 0 radical (unpaired) electrons. The first-order chi connectivity index (χ1) is 7.94. The van der Waals surface area contributed by atoms with E-state index in [1.165, 1.54) is 11.4 Å². The van der Waals surface area contributed by atoms with Gasteiger partial charge in [0, 0.05) is 11.4 Å². The van der Waals surface area contributed by atoms with Crippen LogP contribution in [0.1, 0.15) is 30.1 Å². The molecule has 0 saturated heterocycles. The fraction of sp³-hybridized carbons (Fsp3) is 0.500. The van der Waals surface area contributed by atoms with Gasteiger partial charge in [-0.25, -0.2) is 17.9 Å². The van der Waals surface area contributed by atoms with E-state index in [9.17, 15) is 13.2 Å². The SMILES string of the molecule is CCC1CC1NS(=O)(=O)c1cc(C(=O)O)cs1. The van der Waals surface area contributed by atoms with E-state index in [1.807, 2.05) is 6.92 Å². The van der Waals surface area contributed by atoms with Crippen molar-refractivity contribution in [3.8, 4) is 0 Å². The van der Waals surface area contributed by atoms with Crippen molar-refractivity contribution in [2.75, 3.05) is 0 Å². The number of hydrogen-bond acceptors (Lipinski definition) is 4. The van der Waals surface area contributed by atoms with E-state index < -0.39 is 16.0 Å². The van der Waals surface area contributed by atoms with Crippen LogP contribution >= 0.6 is 11.3 Å². The largest absolute Gasteiger partial charge is 0.478 e. The highest BCUT2D eigenvalue weighted by Gasteiger charge is 2.39. The number of carbonyl (C=O) groups is 1. The maximum atomic E-state index is 11.9. The summed E-state index contributed by atoms with van der Waals surface area (Å²) in [6.07, 6.45) is 1.82. The van der Waals surface area contributed by atoms with Crippen LogP contribution < -0.4 is 4.72 Å². The Bertz CT molecular complexity index is 534. The number of thiophene rings is 1. The summed E-state index contributed by atoms with van der Waals surface area (Å²) in [5.74, 6) is -0.691. The summed E-state index contributed by atoms with van der Waals surface area (Å²) >= 11 is 0.932. The molecule has 1 saturated carbocycles. The van der Waals surface area contributed by atoms with E-state index in [4.69, 9.17) is 5.11 Å². The quantitative estimate of drug-likeness (QED) is 0.853. The van der Waals surface area contributed by atoms with Crippen LogP contribution in [-0.4, -0.2) is 25.5 Å². The molecule has 17 heavy (non-hydrogen) atoms. The molecule has 1 fully saturated rings. The minimum absolute atomic E-state index is 0.0122. The van der Waals surface area contributed by atoms with Gasteiger partial charge in [-0.3, -0.25) is 0 Å². The number of carboxylic acid groups (broad SMARTS) is 1. The third-order valence-electron chi connectivity index (χ3n) is 2.84. The molecule has 5 nitrogen and oxygen atoms in total. The van der Waals surface area contributed by atoms with Gasteiger partial charge in [-0.1, -0.05) is 13.3 Å². The lowest BCUT2D eigenvalue weighted by atomic mass is 10.3. The van der Waals surface area contributed by atoms with Crippen molar-refractivity contribution in [2.45, 2.75) is 30.0 Å². The molecule has 94 valence electrons. The predicted molar refractivity (Wildman–Crippen MR) is 63.8 cm³/mol. The predicted octanol–water partition coefficient (Wildman–Crippen LogP) is 1.52. The van der Waals surface area contributed by atoms with Crippen LogP contribution in [0.4, 0.5) is 0 Å². The molecule has 1 aliphatic carbocycles. The van der Waals surface area contributed by atoms with E-state index in [2.05, 4.69) is 4.72 Å². The van der Waals surface area contributed by atoms with Crippen molar-refractivity contribution in [3.05, 3.63) is 17.0 Å². The summed E-state index contributed by atoms with van der Waals surface area (Å²) in [7, 11) is -3.55. The van der Waals surface area contributed by atoms with E-state index in [-0.39, 0.29) is 15.8 Å². The molecule has 1 heterocycles. The Morgan fingerprint density at radius 3 is 2.82 bits per heavy atom. The lowest BCUT2D eigenvalue weighted by Gasteiger charge is -2.02. The first kappa shape index (κ1) is 12.5. The molecule has 2 rings (SSSR count). The minimum atomic E-state index is -3.55. The summed E-state index contributed by atoms with van der Waals surface area (Å²) < 4.78 is 26.4. The number of aromatic carboxylic acids is 1. The fourth-order valence-electron chi connectivity index (χ4n) is 1.67. The van der Waals surface area contributed by atoms with Crippen molar-refractivity contribution in [2.24, 2.45) is 5.92 Å². The smallest absolute Gasteiger partial charge is 0.336 e. The minimum Gasteiger partial charge on any atom is -0.478 e. The molecule has 0 amide bonds. The molecule has 1 aromatic rings. The van der Waals surface area contributed by atoms with Crippen LogP contribution in [0.15, 0.2) is 15.7 Å². The van der Waals surface area contributed by atoms with Crippen molar-refractivity contribution >= 4 is 27.3 Å². The first-order valence-corrected chi connectivity index (χ1v) is 7.64. The van der Waals surface area contributed by atoms with Crippen LogP contribution in [0, 0.1) is 5.92 Å². The molecule has 0 bridgehead atoms. The Morgan fingerprint density at radius 1 is 1.65 bits per heavy atom. The normalized spacial score (nSPS) is 23.6. The summed E-state index contributed by atoms with van der Waals surface area (Å²) in [5.41, 5.74) is 0.0122. The number of hydrogen-bond donors (Lipinski definition) is 2. The molecule has 2 N–H and O–H groups in total. The summed E-state index contributed by atoms with van der Waals surface area (Å²) in [5, 5.41) is 10.1.